The van der Waals surface area contributed by atoms with E-state index in [-0.39, 0.29) is 11.7 Å². The highest BCUT2D eigenvalue weighted by atomic mass is 16.3. The molecule has 2 aliphatic heterocycles. The second-order valence-electron chi connectivity index (χ2n) is 7.12. The van der Waals surface area contributed by atoms with Gasteiger partial charge in [0, 0.05) is 26.2 Å². The number of aryl methyl sites for hydroxylation is 1. The van der Waals surface area contributed by atoms with Crippen LogP contribution in [-0.2, 0) is 0 Å². The van der Waals surface area contributed by atoms with Crippen molar-refractivity contribution >= 4 is 17.2 Å². The minimum Gasteiger partial charge on any atom is -0.391 e. The number of fused-ring (bicyclic) bond motifs is 1. The Labute approximate surface area is 140 Å². The van der Waals surface area contributed by atoms with E-state index in [1.807, 2.05) is 13.1 Å². The monoisotopic (exact) mass is 329 g/mol. The predicted molar refractivity (Wildman–Crippen MR) is 90.2 cm³/mol. The van der Waals surface area contributed by atoms with Crippen LogP contribution >= 0.6 is 0 Å². The SMILES string of the molecule is Cc1cc(N2CCC(C)C2)cn2nc(C(=O)N3CCC(O)C3)nc12. The molecule has 1 amide bonds. The van der Waals surface area contributed by atoms with Crippen LogP contribution in [0.25, 0.3) is 5.65 Å². The maximum Gasteiger partial charge on any atom is 0.293 e. The molecule has 0 aliphatic carbocycles. The molecule has 4 rings (SSSR count). The van der Waals surface area contributed by atoms with Crippen LogP contribution in [0.2, 0.25) is 0 Å². The summed E-state index contributed by atoms with van der Waals surface area (Å²) in [7, 11) is 0. The highest BCUT2D eigenvalue weighted by Gasteiger charge is 2.28. The van der Waals surface area contributed by atoms with Crippen LogP contribution in [0.15, 0.2) is 12.3 Å². The van der Waals surface area contributed by atoms with E-state index in [0.717, 1.165) is 24.3 Å². The summed E-state index contributed by atoms with van der Waals surface area (Å²) in [6.45, 7) is 7.30. The van der Waals surface area contributed by atoms with Gasteiger partial charge >= 0.3 is 0 Å². The van der Waals surface area contributed by atoms with Gasteiger partial charge in [0.05, 0.1) is 18.0 Å². The molecule has 2 aromatic heterocycles. The third-order valence-corrected chi connectivity index (χ3v) is 5.03. The molecule has 0 bridgehead atoms. The Morgan fingerprint density at radius 1 is 1.29 bits per heavy atom. The number of aliphatic hydroxyl groups excluding tert-OH is 1. The molecular formula is C17H23N5O2. The van der Waals surface area contributed by atoms with Gasteiger partial charge in [-0.2, -0.15) is 0 Å². The Balaban J connectivity index is 1.65. The normalized spacial score (nSPS) is 24.3. The van der Waals surface area contributed by atoms with Gasteiger partial charge in [0.25, 0.3) is 5.91 Å². The van der Waals surface area contributed by atoms with Gasteiger partial charge in [-0.05, 0) is 37.3 Å². The first-order chi connectivity index (χ1) is 11.5. The van der Waals surface area contributed by atoms with E-state index >= 15 is 0 Å². The first-order valence-electron chi connectivity index (χ1n) is 8.60. The van der Waals surface area contributed by atoms with Gasteiger partial charge in [-0.15, -0.1) is 5.10 Å². The standard InChI is InChI=1S/C17H23N5O2/c1-11-3-5-20(8-11)13-7-12(2)16-18-15(19-22(16)9-13)17(24)21-6-4-14(23)10-21/h7,9,11,14,23H,3-6,8,10H2,1-2H3. The quantitative estimate of drug-likeness (QED) is 0.893. The lowest BCUT2D eigenvalue weighted by Gasteiger charge is -2.18. The summed E-state index contributed by atoms with van der Waals surface area (Å²) in [5.41, 5.74) is 2.86. The fourth-order valence-electron chi connectivity index (χ4n) is 3.63. The van der Waals surface area contributed by atoms with Crippen molar-refractivity contribution in [2.24, 2.45) is 5.92 Å². The van der Waals surface area contributed by atoms with E-state index in [0.29, 0.717) is 31.1 Å². The molecule has 0 saturated carbocycles. The first-order valence-corrected chi connectivity index (χ1v) is 8.60. The maximum atomic E-state index is 12.5. The number of rotatable bonds is 2. The van der Waals surface area contributed by atoms with Gasteiger partial charge < -0.3 is 14.9 Å². The molecule has 7 nitrogen and oxygen atoms in total. The number of β-amino-alcohol motifs (C(OH)–C–C–N with tert-alkyl or cyclic N) is 1. The third-order valence-electron chi connectivity index (χ3n) is 5.03. The number of anilines is 1. The van der Waals surface area contributed by atoms with E-state index < -0.39 is 6.10 Å². The number of hydrogen-bond donors (Lipinski definition) is 1. The smallest absolute Gasteiger partial charge is 0.293 e. The Morgan fingerprint density at radius 2 is 2.12 bits per heavy atom. The van der Waals surface area contributed by atoms with Crippen LogP contribution in [0.1, 0.15) is 35.9 Å². The van der Waals surface area contributed by atoms with E-state index in [1.54, 1.807) is 9.42 Å². The van der Waals surface area contributed by atoms with Crippen molar-refractivity contribution in [2.75, 3.05) is 31.1 Å². The number of aliphatic hydroxyl groups is 1. The van der Waals surface area contributed by atoms with Gasteiger partial charge in [-0.25, -0.2) is 9.50 Å². The van der Waals surface area contributed by atoms with Crippen LogP contribution in [0.4, 0.5) is 5.69 Å². The van der Waals surface area contributed by atoms with Crippen molar-refractivity contribution in [2.45, 2.75) is 32.8 Å². The third kappa shape index (κ3) is 2.62. The Morgan fingerprint density at radius 3 is 2.79 bits per heavy atom. The highest BCUT2D eigenvalue weighted by Crippen LogP contribution is 2.25. The predicted octanol–water partition coefficient (Wildman–Crippen LogP) is 1.09. The second-order valence-corrected chi connectivity index (χ2v) is 7.12. The maximum absolute atomic E-state index is 12.5. The van der Waals surface area contributed by atoms with Crippen LogP contribution in [-0.4, -0.2) is 62.8 Å². The molecule has 0 spiro atoms. The highest BCUT2D eigenvalue weighted by molar-refractivity contribution is 5.91. The Kier molecular flexibility index (Phi) is 3.68. The minimum atomic E-state index is -0.434. The molecule has 0 aromatic carbocycles. The number of pyridine rings is 1. The molecule has 2 atom stereocenters. The Bertz CT molecular complexity index is 787. The number of carbonyl (C=O) groups is 1. The average molecular weight is 329 g/mol. The molecule has 1 N–H and O–H groups in total. The second kappa shape index (κ2) is 5.73. The van der Waals surface area contributed by atoms with Gasteiger partial charge in [-0.1, -0.05) is 6.92 Å². The van der Waals surface area contributed by atoms with E-state index in [1.165, 1.54) is 6.42 Å². The number of likely N-dealkylation sites (tertiary alicyclic amines) is 1. The number of hydrogen-bond acceptors (Lipinski definition) is 5. The number of amides is 1. The summed E-state index contributed by atoms with van der Waals surface area (Å²) >= 11 is 0. The Hall–Kier alpha value is -2.15. The van der Waals surface area contributed by atoms with Crippen molar-refractivity contribution in [3.05, 3.63) is 23.7 Å². The van der Waals surface area contributed by atoms with Gasteiger partial charge in [0.1, 0.15) is 0 Å². The number of nitrogens with zero attached hydrogens (tertiary/aromatic N) is 5. The first kappa shape index (κ1) is 15.4. The zero-order chi connectivity index (χ0) is 16.8. The lowest BCUT2D eigenvalue weighted by atomic mass is 10.2. The van der Waals surface area contributed by atoms with Crippen molar-refractivity contribution in [3.8, 4) is 0 Å². The molecule has 2 fully saturated rings. The average Bonchev–Trinajstić information content (AvgIpc) is 3.25. The van der Waals surface area contributed by atoms with E-state index in [2.05, 4.69) is 28.0 Å². The summed E-state index contributed by atoms with van der Waals surface area (Å²) in [4.78, 5) is 20.9. The molecule has 2 aromatic rings. The number of carbonyl (C=O) groups excluding carboxylic acids is 1. The van der Waals surface area contributed by atoms with Crippen LogP contribution in [0.5, 0.6) is 0 Å². The molecule has 7 heteroatoms. The largest absolute Gasteiger partial charge is 0.391 e. The minimum absolute atomic E-state index is 0.203. The zero-order valence-corrected chi connectivity index (χ0v) is 14.1. The molecule has 2 saturated heterocycles. The molecular weight excluding hydrogens is 306 g/mol. The fourth-order valence-corrected chi connectivity index (χ4v) is 3.63. The number of aromatic nitrogens is 3. The van der Waals surface area contributed by atoms with Crippen molar-refractivity contribution in [1.82, 2.24) is 19.5 Å². The van der Waals surface area contributed by atoms with Crippen molar-refractivity contribution in [3.63, 3.8) is 0 Å². The van der Waals surface area contributed by atoms with E-state index in [9.17, 15) is 9.90 Å². The molecule has 4 heterocycles. The molecule has 128 valence electrons. The summed E-state index contributed by atoms with van der Waals surface area (Å²) in [5.74, 6) is 0.709. The zero-order valence-electron chi connectivity index (χ0n) is 14.1. The van der Waals surface area contributed by atoms with Gasteiger partial charge in [0.15, 0.2) is 5.65 Å². The summed E-state index contributed by atoms with van der Waals surface area (Å²) in [6, 6.07) is 2.12. The molecule has 24 heavy (non-hydrogen) atoms. The van der Waals surface area contributed by atoms with Crippen molar-refractivity contribution < 1.29 is 9.90 Å². The summed E-state index contributed by atoms with van der Waals surface area (Å²) in [5, 5.41) is 14.0. The summed E-state index contributed by atoms with van der Waals surface area (Å²) < 4.78 is 1.72. The van der Waals surface area contributed by atoms with Crippen molar-refractivity contribution in [1.29, 1.82) is 0 Å². The lowest BCUT2D eigenvalue weighted by molar-refractivity contribution is 0.0753. The van der Waals surface area contributed by atoms with Crippen LogP contribution in [0, 0.1) is 12.8 Å². The van der Waals surface area contributed by atoms with Crippen LogP contribution < -0.4 is 4.90 Å². The summed E-state index contributed by atoms with van der Waals surface area (Å²) in [6.07, 6.45) is 3.35. The molecule has 2 aliphatic rings. The molecule has 2 unspecified atom stereocenters. The fraction of sp³-hybridized carbons (Fsp3) is 0.588. The van der Waals surface area contributed by atoms with E-state index in [4.69, 9.17) is 0 Å². The topological polar surface area (TPSA) is 74.0 Å². The van der Waals surface area contributed by atoms with Gasteiger partial charge in [-0.3, -0.25) is 4.79 Å². The molecule has 0 radical (unpaired) electrons. The van der Waals surface area contributed by atoms with Gasteiger partial charge in [0.2, 0.25) is 5.82 Å². The lowest BCUT2D eigenvalue weighted by Crippen LogP contribution is -2.30. The van der Waals surface area contributed by atoms with Crippen LogP contribution in [0.3, 0.4) is 0 Å².